The minimum atomic E-state index is 0.347. The van der Waals surface area contributed by atoms with Gasteiger partial charge in [-0.15, -0.1) is 5.10 Å². The lowest BCUT2D eigenvalue weighted by atomic mass is 11.0. The van der Waals surface area contributed by atoms with Crippen molar-refractivity contribution in [2.45, 2.75) is 0 Å². The Morgan fingerprint density at radius 2 is 2.44 bits per heavy atom. The number of ether oxygens (including phenoxy) is 1. The third-order valence-electron chi connectivity index (χ3n) is 0.884. The summed E-state index contributed by atoms with van der Waals surface area (Å²) in [5.41, 5.74) is 0. The van der Waals surface area contributed by atoms with Crippen LogP contribution >= 0.6 is 0 Å². The third-order valence-corrected chi connectivity index (χ3v) is 0.884. The molecule has 0 aliphatic rings. The Morgan fingerprint density at radius 3 is 2.78 bits per heavy atom. The summed E-state index contributed by atoms with van der Waals surface area (Å²) in [4.78, 5) is 3.85. The van der Waals surface area contributed by atoms with E-state index in [1.54, 1.807) is 7.05 Å². The van der Waals surface area contributed by atoms with Crippen LogP contribution in [0.2, 0.25) is 0 Å². The van der Waals surface area contributed by atoms with Crippen LogP contribution in [0, 0.1) is 0 Å². The molecule has 0 amide bonds. The van der Waals surface area contributed by atoms with Crippen LogP contribution in [0.5, 0.6) is 6.01 Å². The van der Waals surface area contributed by atoms with E-state index in [9.17, 15) is 0 Å². The smallest absolute Gasteiger partial charge is 0.336 e. The number of anilines is 1. The summed E-state index contributed by atoms with van der Waals surface area (Å²) in [5.74, 6) is 0.604. The van der Waals surface area contributed by atoms with Crippen molar-refractivity contribution in [1.82, 2.24) is 15.2 Å². The highest BCUT2D eigenvalue weighted by atomic mass is 16.5. The Bertz CT molecular complexity index is 166. The van der Waals surface area contributed by atoms with Crippen LogP contribution in [0.1, 0.15) is 0 Å². The quantitative estimate of drug-likeness (QED) is 0.581. The highest BCUT2D eigenvalue weighted by molar-refractivity contribution is 5.22. The molecule has 0 saturated heterocycles. The molecule has 50 valence electrons. The van der Waals surface area contributed by atoms with Crippen molar-refractivity contribution in [2.24, 2.45) is 0 Å². The van der Waals surface area contributed by atoms with E-state index in [1.165, 1.54) is 7.11 Å². The number of hydrogen-bond donors (Lipinski definition) is 2. The van der Waals surface area contributed by atoms with Crippen molar-refractivity contribution in [1.29, 1.82) is 0 Å². The van der Waals surface area contributed by atoms with Crippen molar-refractivity contribution < 1.29 is 4.74 Å². The van der Waals surface area contributed by atoms with Crippen molar-refractivity contribution in [3.63, 3.8) is 0 Å². The second kappa shape index (κ2) is 2.34. The molecule has 0 fully saturated rings. The van der Waals surface area contributed by atoms with Gasteiger partial charge >= 0.3 is 6.01 Å². The molecule has 0 atom stereocenters. The number of nitrogens with zero attached hydrogens (tertiary/aromatic N) is 2. The van der Waals surface area contributed by atoms with Crippen LogP contribution in [-0.2, 0) is 0 Å². The van der Waals surface area contributed by atoms with E-state index in [0.717, 1.165) is 0 Å². The van der Waals surface area contributed by atoms with Gasteiger partial charge in [0.15, 0.2) is 0 Å². The molecule has 1 heterocycles. The molecule has 0 saturated carbocycles. The molecule has 1 rings (SSSR count). The lowest BCUT2D eigenvalue weighted by molar-refractivity contribution is 0.382. The molecule has 5 heteroatoms. The second-order valence-electron chi connectivity index (χ2n) is 1.42. The van der Waals surface area contributed by atoms with Gasteiger partial charge in [0.1, 0.15) is 0 Å². The number of aromatic amines is 1. The van der Waals surface area contributed by atoms with Crippen LogP contribution < -0.4 is 10.1 Å². The van der Waals surface area contributed by atoms with Gasteiger partial charge in [-0.05, 0) is 0 Å². The van der Waals surface area contributed by atoms with Gasteiger partial charge in [-0.3, -0.25) is 0 Å². The number of nitrogens with one attached hydrogen (secondary N) is 2. The van der Waals surface area contributed by atoms with Crippen LogP contribution in [0.3, 0.4) is 0 Å². The van der Waals surface area contributed by atoms with E-state index in [2.05, 4.69) is 20.5 Å². The minimum absolute atomic E-state index is 0.347. The first-order chi connectivity index (χ1) is 4.36. The van der Waals surface area contributed by atoms with E-state index in [4.69, 9.17) is 4.74 Å². The molecule has 0 aliphatic heterocycles. The summed E-state index contributed by atoms with van der Waals surface area (Å²) in [6, 6.07) is 0.347. The van der Waals surface area contributed by atoms with E-state index in [-0.39, 0.29) is 0 Å². The summed E-state index contributed by atoms with van der Waals surface area (Å²) in [7, 11) is 3.27. The van der Waals surface area contributed by atoms with Crippen LogP contribution in [0.25, 0.3) is 0 Å². The number of aromatic nitrogens is 3. The zero-order chi connectivity index (χ0) is 6.69. The van der Waals surface area contributed by atoms with Gasteiger partial charge in [0.2, 0.25) is 5.95 Å². The summed E-state index contributed by atoms with van der Waals surface area (Å²) >= 11 is 0. The molecule has 2 N–H and O–H groups in total. The molecular weight excluding hydrogens is 120 g/mol. The molecule has 0 radical (unpaired) electrons. The Labute approximate surface area is 52.4 Å². The van der Waals surface area contributed by atoms with Crippen LogP contribution in [0.15, 0.2) is 0 Å². The molecule has 1 aromatic heterocycles. The summed E-state index contributed by atoms with van der Waals surface area (Å²) in [5, 5.41) is 9.07. The topological polar surface area (TPSA) is 62.8 Å². The molecule has 0 unspecified atom stereocenters. The molecule has 0 bridgehead atoms. The highest BCUT2D eigenvalue weighted by Crippen LogP contribution is 2.01. The normalized spacial score (nSPS) is 9.11. The predicted octanol–water partition coefficient (Wildman–Crippen LogP) is -0.145. The fourth-order valence-electron chi connectivity index (χ4n) is 0.450. The molecule has 0 aromatic carbocycles. The SMILES string of the molecule is CNc1nc(OC)n[nH]1. The van der Waals surface area contributed by atoms with Gasteiger partial charge in [-0.1, -0.05) is 0 Å². The van der Waals surface area contributed by atoms with Gasteiger partial charge in [0.25, 0.3) is 0 Å². The van der Waals surface area contributed by atoms with Gasteiger partial charge < -0.3 is 10.1 Å². The summed E-state index contributed by atoms with van der Waals surface area (Å²) in [6.07, 6.45) is 0. The van der Waals surface area contributed by atoms with Gasteiger partial charge in [-0.2, -0.15) is 4.98 Å². The first kappa shape index (κ1) is 5.87. The maximum Gasteiger partial charge on any atom is 0.336 e. The number of hydrogen-bond acceptors (Lipinski definition) is 4. The monoisotopic (exact) mass is 128 g/mol. The van der Waals surface area contributed by atoms with Crippen LogP contribution in [-0.4, -0.2) is 29.3 Å². The molecule has 1 aromatic rings. The van der Waals surface area contributed by atoms with Crippen molar-refractivity contribution >= 4 is 5.95 Å². The van der Waals surface area contributed by atoms with E-state index in [1.807, 2.05) is 0 Å². The average molecular weight is 128 g/mol. The lowest BCUT2D eigenvalue weighted by Crippen LogP contribution is -1.89. The van der Waals surface area contributed by atoms with Gasteiger partial charge in [0.05, 0.1) is 7.11 Å². The number of H-pyrrole nitrogens is 1. The lowest BCUT2D eigenvalue weighted by Gasteiger charge is -1.86. The maximum absolute atomic E-state index is 4.70. The maximum atomic E-state index is 4.70. The van der Waals surface area contributed by atoms with Gasteiger partial charge in [0, 0.05) is 7.05 Å². The van der Waals surface area contributed by atoms with Crippen molar-refractivity contribution in [2.75, 3.05) is 19.5 Å². The molecule has 5 nitrogen and oxygen atoms in total. The first-order valence-electron chi connectivity index (χ1n) is 2.51. The Kier molecular flexibility index (Phi) is 1.53. The fourth-order valence-corrected chi connectivity index (χ4v) is 0.450. The molecular formula is C4H8N4O. The van der Waals surface area contributed by atoms with E-state index >= 15 is 0 Å². The van der Waals surface area contributed by atoms with Crippen molar-refractivity contribution in [3.05, 3.63) is 0 Å². The van der Waals surface area contributed by atoms with Crippen molar-refractivity contribution in [3.8, 4) is 6.01 Å². The highest BCUT2D eigenvalue weighted by Gasteiger charge is 1.96. The zero-order valence-electron chi connectivity index (χ0n) is 5.30. The largest absolute Gasteiger partial charge is 0.466 e. The van der Waals surface area contributed by atoms with Gasteiger partial charge in [-0.25, -0.2) is 5.10 Å². The Hall–Kier alpha value is -1.26. The molecule has 9 heavy (non-hydrogen) atoms. The standard InChI is InChI=1S/C4H8N4O/c1-5-3-6-4(9-2)8-7-3/h1-2H3,(H2,5,6,7,8). The number of methoxy groups -OCH3 is 1. The summed E-state index contributed by atoms with van der Waals surface area (Å²) in [6.45, 7) is 0. The average Bonchev–Trinajstić information content (AvgIpc) is 2.34. The summed E-state index contributed by atoms with van der Waals surface area (Å²) < 4.78 is 4.70. The molecule has 0 aliphatic carbocycles. The minimum Gasteiger partial charge on any atom is -0.466 e. The fraction of sp³-hybridized carbons (Fsp3) is 0.500. The van der Waals surface area contributed by atoms with E-state index in [0.29, 0.717) is 12.0 Å². The Balaban J connectivity index is 2.74. The third kappa shape index (κ3) is 1.10. The Morgan fingerprint density at radius 1 is 1.67 bits per heavy atom. The zero-order valence-corrected chi connectivity index (χ0v) is 5.30. The first-order valence-corrected chi connectivity index (χ1v) is 2.51. The van der Waals surface area contributed by atoms with Crippen LogP contribution in [0.4, 0.5) is 5.95 Å². The van der Waals surface area contributed by atoms with E-state index < -0.39 is 0 Å². The second-order valence-corrected chi connectivity index (χ2v) is 1.42. The molecule has 0 spiro atoms. The number of rotatable bonds is 2. The predicted molar refractivity (Wildman–Crippen MR) is 32.5 cm³/mol.